The molecule has 0 radical (unpaired) electrons. The third-order valence-electron chi connectivity index (χ3n) is 8.83. The molecule has 10 nitrogen and oxygen atoms in total. The Morgan fingerprint density at radius 3 is 2.37 bits per heavy atom. The lowest BCUT2D eigenvalue weighted by molar-refractivity contribution is -0.763. The summed E-state index contributed by atoms with van der Waals surface area (Å²) in [7, 11) is 0. The van der Waals surface area contributed by atoms with Crippen LogP contribution in [0.25, 0.3) is 0 Å². The van der Waals surface area contributed by atoms with Crippen molar-refractivity contribution in [2.75, 3.05) is 0 Å². The maximum atomic E-state index is 13.0. The fourth-order valence-corrected chi connectivity index (χ4v) is 5.84. The lowest BCUT2D eigenvalue weighted by Crippen LogP contribution is -2.43. The molecule has 7 atom stereocenters. The van der Waals surface area contributed by atoms with Crippen LogP contribution in [0.1, 0.15) is 84.3 Å². The number of rotatable bonds is 15. The Kier molecular flexibility index (Phi) is 12.3. The predicted molar refractivity (Wildman–Crippen MR) is 160 cm³/mol. The van der Waals surface area contributed by atoms with Gasteiger partial charge in [0.1, 0.15) is 19.3 Å². The standard InChI is InChI=1S/C33H47NO9/c1-6-33(4,5)32(38)43-29-16-21(2)15-25-12-7-22(3)28(31(25)29)14-13-26(35)17-27(36)18-30(37)41-19-23-8-10-24(11-9-23)20-42-34(39)40/h7-12,15,21-22,26-29,31,35-36H,6,13-14,16-20H2,1-5H3/t21-,22-,26+,27+,28-,29-,31-/m0/s1. The first-order valence-electron chi connectivity index (χ1n) is 15.3. The van der Waals surface area contributed by atoms with Crippen LogP contribution in [-0.2, 0) is 37.1 Å². The van der Waals surface area contributed by atoms with Gasteiger partial charge in [-0.3, -0.25) is 9.59 Å². The number of hydrogen-bond donors (Lipinski definition) is 2. The number of hydrogen-bond acceptors (Lipinski definition) is 9. The molecule has 10 heteroatoms. The summed E-state index contributed by atoms with van der Waals surface area (Å²) in [5.74, 6) is -0.0171. The molecule has 0 saturated heterocycles. The third kappa shape index (κ3) is 10.2. The van der Waals surface area contributed by atoms with E-state index >= 15 is 0 Å². The van der Waals surface area contributed by atoms with Gasteiger partial charge in [-0.1, -0.05) is 63.3 Å². The molecule has 0 heterocycles. The summed E-state index contributed by atoms with van der Waals surface area (Å²) in [6.07, 6.45) is 6.92. The molecule has 0 spiro atoms. The molecule has 0 aliphatic heterocycles. The normalized spacial score (nSPS) is 24.7. The molecule has 1 aromatic rings. The van der Waals surface area contributed by atoms with E-state index in [2.05, 4.69) is 36.9 Å². The summed E-state index contributed by atoms with van der Waals surface area (Å²) in [6.45, 7) is 9.92. The number of benzene rings is 1. The number of aliphatic hydroxyl groups excluding tert-OH is 2. The zero-order valence-corrected chi connectivity index (χ0v) is 25.9. The number of carbonyl (C=O) groups excluding carboxylic acids is 2. The molecule has 238 valence electrons. The summed E-state index contributed by atoms with van der Waals surface area (Å²) >= 11 is 0. The highest BCUT2D eigenvalue weighted by Crippen LogP contribution is 2.45. The molecule has 1 aromatic carbocycles. The molecule has 2 N–H and O–H groups in total. The number of ether oxygens (including phenoxy) is 2. The van der Waals surface area contributed by atoms with Crippen LogP contribution in [0, 0.1) is 39.2 Å². The highest BCUT2D eigenvalue weighted by molar-refractivity contribution is 5.76. The van der Waals surface area contributed by atoms with Gasteiger partial charge >= 0.3 is 11.9 Å². The van der Waals surface area contributed by atoms with E-state index in [0.29, 0.717) is 36.3 Å². The van der Waals surface area contributed by atoms with Crippen LogP contribution in [0.2, 0.25) is 0 Å². The topological polar surface area (TPSA) is 145 Å². The van der Waals surface area contributed by atoms with E-state index in [4.69, 9.17) is 9.47 Å². The Morgan fingerprint density at radius 2 is 1.74 bits per heavy atom. The van der Waals surface area contributed by atoms with Crippen molar-refractivity contribution in [3.05, 3.63) is 69.3 Å². The van der Waals surface area contributed by atoms with Crippen LogP contribution in [0.4, 0.5) is 0 Å². The molecule has 0 fully saturated rings. The lowest BCUT2D eigenvalue weighted by atomic mass is 9.65. The van der Waals surface area contributed by atoms with Crippen LogP contribution in [0.15, 0.2) is 48.1 Å². The van der Waals surface area contributed by atoms with E-state index < -0.39 is 28.7 Å². The van der Waals surface area contributed by atoms with Crippen molar-refractivity contribution in [2.45, 2.75) is 105 Å². The smallest absolute Gasteiger partial charge is 0.311 e. The summed E-state index contributed by atoms with van der Waals surface area (Å²) in [5.41, 5.74) is 1.93. The van der Waals surface area contributed by atoms with Crippen molar-refractivity contribution >= 4 is 11.9 Å². The lowest BCUT2D eigenvalue weighted by Gasteiger charge is -2.44. The van der Waals surface area contributed by atoms with Crippen molar-refractivity contribution in [1.29, 1.82) is 0 Å². The maximum Gasteiger partial charge on any atom is 0.311 e. The molecular formula is C33H47NO9. The minimum absolute atomic E-state index is 0.00536. The van der Waals surface area contributed by atoms with Crippen LogP contribution in [0.5, 0.6) is 0 Å². The van der Waals surface area contributed by atoms with Crippen molar-refractivity contribution in [3.63, 3.8) is 0 Å². The van der Waals surface area contributed by atoms with Crippen molar-refractivity contribution in [3.8, 4) is 0 Å². The number of nitrogens with zero attached hydrogens (tertiary/aromatic N) is 1. The Hall–Kier alpha value is -3.24. The Labute approximate surface area is 254 Å². The van der Waals surface area contributed by atoms with Gasteiger partial charge in [-0.05, 0) is 80.4 Å². The van der Waals surface area contributed by atoms with Gasteiger partial charge < -0.3 is 24.5 Å². The van der Waals surface area contributed by atoms with Gasteiger partial charge in [0.05, 0.1) is 24.0 Å². The van der Waals surface area contributed by atoms with Crippen molar-refractivity contribution < 1.29 is 39.2 Å². The molecule has 0 amide bonds. The van der Waals surface area contributed by atoms with Gasteiger partial charge in [-0.2, -0.15) is 0 Å². The Morgan fingerprint density at radius 1 is 1.09 bits per heavy atom. The van der Waals surface area contributed by atoms with Crippen LogP contribution in [0.3, 0.4) is 0 Å². The molecule has 0 aromatic heterocycles. The monoisotopic (exact) mass is 601 g/mol. The zero-order valence-electron chi connectivity index (χ0n) is 25.9. The highest BCUT2D eigenvalue weighted by atomic mass is 16.9. The molecule has 2 aliphatic rings. The molecule has 0 bridgehead atoms. The molecular weight excluding hydrogens is 554 g/mol. The van der Waals surface area contributed by atoms with Gasteiger partial charge in [0, 0.05) is 5.92 Å². The molecule has 0 saturated carbocycles. The second-order valence-electron chi connectivity index (χ2n) is 12.8. The van der Waals surface area contributed by atoms with Gasteiger partial charge in [0.25, 0.3) is 5.09 Å². The van der Waals surface area contributed by atoms with E-state index in [1.54, 1.807) is 24.3 Å². The molecule has 2 aliphatic carbocycles. The average Bonchev–Trinajstić information content (AvgIpc) is 2.94. The second kappa shape index (κ2) is 15.5. The fourth-order valence-electron chi connectivity index (χ4n) is 5.84. The largest absolute Gasteiger partial charge is 0.461 e. The van der Waals surface area contributed by atoms with Gasteiger partial charge in [0.15, 0.2) is 0 Å². The summed E-state index contributed by atoms with van der Waals surface area (Å²) < 4.78 is 11.4. The summed E-state index contributed by atoms with van der Waals surface area (Å²) in [6, 6.07) is 6.64. The predicted octanol–water partition coefficient (Wildman–Crippen LogP) is 5.47. The number of esters is 2. The fraction of sp³-hybridized carbons (Fsp3) is 0.636. The van der Waals surface area contributed by atoms with Crippen molar-refractivity contribution in [1.82, 2.24) is 0 Å². The zero-order chi connectivity index (χ0) is 31.7. The number of carbonyl (C=O) groups is 2. The molecule has 3 rings (SSSR count). The Balaban J connectivity index is 1.49. The van der Waals surface area contributed by atoms with E-state index in [1.165, 1.54) is 5.57 Å². The van der Waals surface area contributed by atoms with Gasteiger partial charge in [-0.15, -0.1) is 10.1 Å². The van der Waals surface area contributed by atoms with Gasteiger partial charge in [0.2, 0.25) is 0 Å². The van der Waals surface area contributed by atoms with Crippen LogP contribution >= 0.6 is 0 Å². The minimum Gasteiger partial charge on any atom is -0.461 e. The quantitative estimate of drug-likeness (QED) is 0.152. The van der Waals surface area contributed by atoms with E-state index in [1.807, 2.05) is 20.8 Å². The van der Waals surface area contributed by atoms with Gasteiger partial charge in [-0.25, -0.2) is 0 Å². The molecule has 0 unspecified atom stereocenters. The number of allylic oxidation sites excluding steroid dienone is 3. The average molecular weight is 602 g/mol. The maximum absolute atomic E-state index is 13.0. The SMILES string of the molecule is CCC(C)(C)C(=O)O[C@H]1C[C@@H](C)C=C2C=C[C@H](C)[C@H](CC[C@@H](O)C[C@@H](O)CC(=O)OCc3ccc(CO[N+](=O)[O-])cc3)[C@H]21. The van der Waals surface area contributed by atoms with Crippen LogP contribution < -0.4 is 0 Å². The first kappa shape index (κ1) is 34.3. The second-order valence-corrected chi connectivity index (χ2v) is 12.8. The minimum atomic E-state index is -1.05. The molecule has 43 heavy (non-hydrogen) atoms. The summed E-state index contributed by atoms with van der Waals surface area (Å²) in [5, 5.41) is 30.7. The van der Waals surface area contributed by atoms with E-state index in [0.717, 1.165) is 6.42 Å². The van der Waals surface area contributed by atoms with E-state index in [-0.39, 0.29) is 55.9 Å². The third-order valence-corrected chi connectivity index (χ3v) is 8.83. The Bertz CT molecular complexity index is 1160. The first-order valence-corrected chi connectivity index (χ1v) is 15.3. The van der Waals surface area contributed by atoms with E-state index in [9.17, 15) is 29.9 Å². The van der Waals surface area contributed by atoms with Crippen LogP contribution in [-0.4, -0.2) is 45.6 Å². The number of fused-ring (bicyclic) bond motifs is 1. The highest BCUT2D eigenvalue weighted by Gasteiger charge is 2.42. The first-order chi connectivity index (χ1) is 20.3. The summed E-state index contributed by atoms with van der Waals surface area (Å²) in [4.78, 5) is 39.9. The number of aliphatic hydroxyl groups is 2. The van der Waals surface area contributed by atoms with Crippen molar-refractivity contribution in [2.24, 2.45) is 29.1 Å².